The average molecular weight is 446 g/mol. The molecule has 5 heteroatoms. The summed E-state index contributed by atoms with van der Waals surface area (Å²) < 4.78 is 11.3. The molecule has 0 amide bonds. The van der Waals surface area contributed by atoms with Gasteiger partial charge in [-0.05, 0) is 48.9 Å². The number of ketones is 1. The number of benzene rings is 2. The van der Waals surface area contributed by atoms with Crippen LogP contribution in [0.4, 0.5) is 0 Å². The fraction of sp³-hybridized carbons (Fsp3) is 0.393. The SMILES string of the molecule is CCOC(=O)C1C(C)=NC2=C(C(=O)CC(C)(C)C2)[C@@H]1c1ccc(OCc2ccccc2)cc1. The van der Waals surface area contributed by atoms with Crippen LogP contribution in [0.1, 0.15) is 57.6 Å². The average Bonchev–Trinajstić information content (AvgIpc) is 2.77. The molecule has 1 heterocycles. The van der Waals surface area contributed by atoms with Gasteiger partial charge in [0.15, 0.2) is 5.78 Å². The Morgan fingerprint density at radius 3 is 2.42 bits per heavy atom. The fourth-order valence-electron chi connectivity index (χ4n) is 4.85. The monoisotopic (exact) mass is 445 g/mol. The third-order valence-electron chi connectivity index (χ3n) is 6.33. The molecule has 0 N–H and O–H groups in total. The first-order chi connectivity index (χ1) is 15.8. The van der Waals surface area contributed by atoms with Crippen LogP contribution >= 0.6 is 0 Å². The van der Waals surface area contributed by atoms with E-state index < -0.39 is 11.8 Å². The van der Waals surface area contributed by atoms with Gasteiger partial charge in [0, 0.05) is 29.3 Å². The predicted molar refractivity (Wildman–Crippen MR) is 128 cm³/mol. The fourth-order valence-corrected chi connectivity index (χ4v) is 4.85. The van der Waals surface area contributed by atoms with E-state index in [0.717, 1.165) is 29.0 Å². The molecule has 1 aliphatic carbocycles. The Morgan fingerprint density at radius 1 is 1.06 bits per heavy atom. The summed E-state index contributed by atoms with van der Waals surface area (Å²) in [5.41, 5.74) is 4.02. The highest BCUT2D eigenvalue weighted by molar-refractivity contribution is 6.09. The molecule has 5 nitrogen and oxygen atoms in total. The Hall–Kier alpha value is -3.21. The second-order valence-electron chi connectivity index (χ2n) is 9.61. The minimum Gasteiger partial charge on any atom is -0.489 e. The summed E-state index contributed by atoms with van der Waals surface area (Å²) in [6.07, 6.45) is 1.17. The van der Waals surface area contributed by atoms with Gasteiger partial charge in [0.05, 0.1) is 6.61 Å². The van der Waals surface area contributed by atoms with E-state index in [2.05, 4.69) is 13.8 Å². The van der Waals surface area contributed by atoms with E-state index >= 15 is 0 Å². The number of carbonyl (C=O) groups excluding carboxylic acids is 2. The first kappa shape index (κ1) is 23.0. The summed E-state index contributed by atoms with van der Waals surface area (Å²) in [5, 5.41) is 0. The molecule has 2 aromatic carbocycles. The smallest absolute Gasteiger partial charge is 0.315 e. The zero-order chi connectivity index (χ0) is 23.6. The van der Waals surface area contributed by atoms with Gasteiger partial charge in [0.1, 0.15) is 18.3 Å². The highest BCUT2D eigenvalue weighted by atomic mass is 16.5. The summed E-state index contributed by atoms with van der Waals surface area (Å²) in [6, 6.07) is 17.7. The van der Waals surface area contributed by atoms with Crippen molar-refractivity contribution in [1.29, 1.82) is 0 Å². The number of nitrogens with zero attached hydrogens (tertiary/aromatic N) is 1. The summed E-state index contributed by atoms with van der Waals surface area (Å²) >= 11 is 0. The van der Waals surface area contributed by atoms with E-state index in [9.17, 15) is 9.59 Å². The van der Waals surface area contributed by atoms with E-state index in [4.69, 9.17) is 14.5 Å². The van der Waals surface area contributed by atoms with Crippen LogP contribution in [-0.4, -0.2) is 24.1 Å². The molecule has 33 heavy (non-hydrogen) atoms. The number of hydrogen-bond acceptors (Lipinski definition) is 5. The standard InChI is InChI=1S/C28H31NO4/c1-5-32-27(31)24-18(2)29-22-15-28(3,4)16-23(30)26(22)25(24)20-11-13-21(14-12-20)33-17-19-9-7-6-8-10-19/h6-14,24-25H,5,15-17H2,1-4H3/t24?,25-/m1/s1. The molecule has 1 unspecified atom stereocenters. The van der Waals surface area contributed by atoms with Gasteiger partial charge in [-0.2, -0.15) is 0 Å². The van der Waals surface area contributed by atoms with Gasteiger partial charge in [-0.1, -0.05) is 56.3 Å². The molecule has 0 fully saturated rings. The van der Waals surface area contributed by atoms with Crippen LogP contribution in [0.2, 0.25) is 0 Å². The number of aliphatic imine (C=N–C) groups is 1. The highest BCUT2D eigenvalue weighted by Gasteiger charge is 2.45. The molecule has 0 saturated carbocycles. The van der Waals surface area contributed by atoms with E-state index in [1.54, 1.807) is 6.92 Å². The zero-order valence-electron chi connectivity index (χ0n) is 19.8. The Balaban J connectivity index is 1.67. The van der Waals surface area contributed by atoms with Crippen LogP contribution in [0, 0.1) is 11.3 Å². The molecule has 172 valence electrons. The second-order valence-corrected chi connectivity index (χ2v) is 9.61. The number of ether oxygens (including phenoxy) is 2. The summed E-state index contributed by atoms with van der Waals surface area (Å²) in [6.45, 7) is 8.59. The Kier molecular flexibility index (Phi) is 6.50. The minimum atomic E-state index is -0.607. The van der Waals surface area contributed by atoms with Crippen molar-refractivity contribution < 1.29 is 19.1 Å². The Morgan fingerprint density at radius 2 is 1.76 bits per heavy atom. The van der Waals surface area contributed by atoms with Crippen LogP contribution in [0.3, 0.4) is 0 Å². The molecule has 0 aromatic heterocycles. The van der Waals surface area contributed by atoms with Crippen molar-refractivity contribution in [2.45, 2.75) is 53.1 Å². The quantitative estimate of drug-likeness (QED) is 0.539. The van der Waals surface area contributed by atoms with Gasteiger partial charge >= 0.3 is 5.97 Å². The molecule has 2 aliphatic rings. The maximum absolute atomic E-state index is 13.3. The number of rotatable bonds is 6. The van der Waals surface area contributed by atoms with Crippen LogP contribution in [0.5, 0.6) is 5.75 Å². The molecule has 2 atom stereocenters. The lowest BCUT2D eigenvalue weighted by atomic mass is 9.67. The summed E-state index contributed by atoms with van der Waals surface area (Å²) in [5.74, 6) is -0.534. The Bertz CT molecular complexity index is 1100. The lowest BCUT2D eigenvalue weighted by molar-refractivity contribution is -0.146. The number of allylic oxidation sites excluding steroid dienone is 2. The van der Waals surface area contributed by atoms with Crippen LogP contribution in [-0.2, 0) is 20.9 Å². The largest absolute Gasteiger partial charge is 0.489 e. The van der Waals surface area contributed by atoms with Crippen molar-refractivity contribution in [3.8, 4) is 5.75 Å². The van der Waals surface area contributed by atoms with Crippen molar-refractivity contribution in [3.63, 3.8) is 0 Å². The van der Waals surface area contributed by atoms with Crippen molar-refractivity contribution >= 4 is 17.5 Å². The van der Waals surface area contributed by atoms with Gasteiger partial charge in [0.2, 0.25) is 0 Å². The lowest BCUT2D eigenvalue weighted by Crippen LogP contribution is -2.39. The molecule has 1 aliphatic heterocycles. The predicted octanol–water partition coefficient (Wildman–Crippen LogP) is 5.65. The second kappa shape index (κ2) is 9.34. The molecule has 0 spiro atoms. The first-order valence-corrected chi connectivity index (χ1v) is 11.5. The summed E-state index contributed by atoms with van der Waals surface area (Å²) in [7, 11) is 0. The van der Waals surface area contributed by atoms with Crippen LogP contribution < -0.4 is 4.74 Å². The van der Waals surface area contributed by atoms with Crippen LogP contribution in [0.15, 0.2) is 70.9 Å². The van der Waals surface area contributed by atoms with E-state index in [1.165, 1.54) is 0 Å². The van der Waals surface area contributed by atoms with Crippen molar-refractivity contribution in [3.05, 3.63) is 77.0 Å². The first-order valence-electron chi connectivity index (χ1n) is 11.5. The molecule has 2 aromatic rings. The van der Waals surface area contributed by atoms with Gasteiger partial charge < -0.3 is 9.47 Å². The number of esters is 1. The molecule has 0 radical (unpaired) electrons. The molecule has 4 rings (SSSR count). The third-order valence-corrected chi connectivity index (χ3v) is 6.33. The van der Waals surface area contributed by atoms with Crippen molar-refractivity contribution in [1.82, 2.24) is 0 Å². The zero-order valence-corrected chi connectivity index (χ0v) is 19.8. The van der Waals surface area contributed by atoms with Gasteiger partial charge in [-0.25, -0.2) is 0 Å². The topological polar surface area (TPSA) is 65.0 Å². The number of Topliss-reactive ketones (excluding diaryl/α,β-unsaturated/α-hetero) is 1. The van der Waals surface area contributed by atoms with Gasteiger partial charge in [0.25, 0.3) is 0 Å². The van der Waals surface area contributed by atoms with E-state index in [-0.39, 0.29) is 23.8 Å². The van der Waals surface area contributed by atoms with E-state index in [0.29, 0.717) is 24.3 Å². The number of hydrogen-bond donors (Lipinski definition) is 0. The maximum atomic E-state index is 13.3. The highest BCUT2D eigenvalue weighted by Crippen LogP contribution is 2.48. The number of carbonyl (C=O) groups is 2. The lowest BCUT2D eigenvalue weighted by Gasteiger charge is -2.39. The normalized spacial score (nSPS) is 21.8. The minimum absolute atomic E-state index is 0.0706. The van der Waals surface area contributed by atoms with Crippen LogP contribution in [0.25, 0.3) is 0 Å². The Labute approximate surface area is 195 Å². The molecule has 0 saturated heterocycles. The molecular formula is C28H31NO4. The summed E-state index contributed by atoms with van der Waals surface area (Å²) in [4.78, 5) is 31.0. The van der Waals surface area contributed by atoms with Crippen molar-refractivity contribution in [2.75, 3.05) is 6.61 Å². The van der Waals surface area contributed by atoms with Gasteiger partial charge in [-0.15, -0.1) is 0 Å². The van der Waals surface area contributed by atoms with Crippen molar-refractivity contribution in [2.24, 2.45) is 16.3 Å². The molecule has 0 bridgehead atoms. The molecular weight excluding hydrogens is 414 g/mol. The van der Waals surface area contributed by atoms with Gasteiger partial charge in [-0.3, -0.25) is 14.6 Å². The van der Waals surface area contributed by atoms with E-state index in [1.807, 2.05) is 61.5 Å². The third kappa shape index (κ3) is 4.92. The maximum Gasteiger partial charge on any atom is 0.315 e.